The first-order valence-electron chi connectivity index (χ1n) is 22.8. The number of para-hydroxylation sites is 8. The molecular weight excluding hydrogens is 801 g/mol. The van der Waals surface area contributed by atoms with E-state index in [4.69, 9.17) is 0 Å². The van der Waals surface area contributed by atoms with Gasteiger partial charge in [-0.2, -0.15) is 0 Å². The summed E-state index contributed by atoms with van der Waals surface area (Å²) >= 11 is 0. The highest BCUT2D eigenvalue weighted by molar-refractivity contribution is 6.12. The Labute approximate surface area is 382 Å². The normalized spacial score (nSPS) is 11.8. The number of fused-ring (bicyclic) bond motifs is 12. The minimum absolute atomic E-state index is 1.18. The van der Waals surface area contributed by atoms with Crippen LogP contribution in [-0.4, -0.2) is 18.3 Å². The Morgan fingerprint density at radius 1 is 0.197 bits per heavy atom. The first-order valence-corrected chi connectivity index (χ1v) is 22.8. The molecule has 0 aliphatic carbocycles. The molecule has 0 spiro atoms. The Balaban J connectivity index is 0.000000132. The molecule has 14 aromatic rings. The number of aryl methyl sites for hydroxylation is 2. The number of hydrogen-bond acceptors (Lipinski definition) is 0. The minimum atomic E-state index is 1.18. The summed E-state index contributed by atoms with van der Waals surface area (Å²) < 4.78 is 9.59. The highest BCUT2D eigenvalue weighted by Crippen LogP contribution is 2.38. The molecule has 66 heavy (non-hydrogen) atoms. The van der Waals surface area contributed by atoms with E-state index in [1.54, 1.807) is 0 Å². The van der Waals surface area contributed by atoms with Crippen LogP contribution >= 0.6 is 0 Å². The predicted octanol–water partition coefficient (Wildman–Crippen LogP) is 16.4. The lowest BCUT2D eigenvalue weighted by Gasteiger charge is -2.14. The van der Waals surface area contributed by atoms with Crippen molar-refractivity contribution >= 4 is 87.2 Å². The van der Waals surface area contributed by atoms with E-state index < -0.39 is 0 Å². The topological polar surface area (TPSA) is 19.7 Å². The number of hydrogen-bond donors (Lipinski definition) is 0. The van der Waals surface area contributed by atoms with Crippen molar-refractivity contribution in [2.45, 2.75) is 13.8 Å². The molecule has 0 amide bonds. The van der Waals surface area contributed by atoms with Gasteiger partial charge in [0, 0.05) is 65.8 Å². The van der Waals surface area contributed by atoms with Gasteiger partial charge in [0.2, 0.25) is 0 Å². The van der Waals surface area contributed by atoms with Crippen LogP contribution in [0.25, 0.3) is 110 Å². The van der Waals surface area contributed by atoms with Crippen LogP contribution < -0.4 is 0 Å². The fourth-order valence-electron chi connectivity index (χ4n) is 10.8. The Morgan fingerprint density at radius 3 is 0.515 bits per heavy atom. The van der Waals surface area contributed by atoms with E-state index in [1.807, 2.05) is 0 Å². The van der Waals surface area contributed by atoms with Gasteiger partial charge in [-0.05, 0) is 110 Å². The standard InChI is InChI=1S/2C31H22N2/c2*1-21-18-22(32-28-14-6-2-10-24(28)25-11-3-7-15-29(25)32)20-23(19-21)33-30-16-8-4-12-26(30)27-13-5-9-17-31(27)33/h2*2-20H,1H3. The second-order valence-corrected chi connectivity index (χ2v) is 17.5. The zero-order chi connectivity index (χ0) is 43.9. The predicted molar refractivity (Wildman–Crippen MR) is 280 cm³/mol. The van der Waals surface area contributed by atoms with Gasteiger partial charge >= 0.3 is 0 Å². The molecule has 0 fully saturated rings. The number of nitrogens with zero attached hydrogens (tertiary/aromatic N) is 4. The summed E-state index contributed by atoms with van der Waals surface area (Å²) in [4.78, 5) is 0. The summed E-state index contributed by atoms with van der Waals surface area (Å²) in [6, 6.07) is 83.3. The average molecular weight is 845 g/mol. The van der Waals surface area contributed by atoms with Crippen molar-refractivity contribution in [2.24, 2.45) is 0 Å². The fraction of sp³-hybridized carbons (Fsp3) is 0.0323. The summed E-state index contributed by atoms with van der Waals surface area (Å²) in [5, 5.41) is 10.3. The van der Waals surface area contributed by atoms with Crippen LogP contribution in [0.2, 0.25) is 0 Å². The van der Waals surface area contributed by atoms with E-state index in [9.17, 15) is 0 Å². The van der Waals surface area contributed by atoms with Crippen LogP contribution in [0, 0.1) is 13.8 Å². The maximum Gasteiger partial charge on any atom is 0.0541 e. The highest BCUT2D eigenvalue weighted by atomic mass is 15.0. The van der Waals surface area contributed by atoms with Crippen molar-refractivity contribution < 1.29 is 0 Å². The van der Waals surface area contributed by atoms with Crippen molar-refractivity contribution in [1.82, 2.24) is 18.3 Å². The van der Waals surface area contributed by atoms with Crippen molar-refractivity contribution in [3.05, 3.63) is 242 Å². The lowest BCUT2D eigenvalue weighted by Crippen LogP contribution is -1.99. The first kappa shape index (κ1) is 37.9. The molecule has 0 saturated carbocycles. The monoisotopic (exact) mass is 844 g/mol. The molecule has 0 atom stereocenters. The third-order valence-electron chi connectivity index (χ3n) is 13.4. The van der Waals surface area contributed by atoms with E-state index in [1.165, 1.54) is 121 Å². The van der Waals surface area contributed by atoms with Crippen LogP contribution in [0.15, 0.2) is 231 Å². The molecule has 0 aliphatic rings. The fourth-order valence-corrected chi connectivity index (χ4v) is 10.8. The van der Waals surface area contributed by atoms with Crippen LogP contribution in [0.1, 0.15) is 11.1 Å². The smallest absolute Gasteiger partial charge is 0.0541 e. The number of aromatic nitrogens is 4. The molecule has 4 heterocycles. The number of benzene rings is 10. The molecule has 0 saturated heterocycles. The molecule has 312 valence electrons. The Kier molecular flexibility index (Phi) is 8.62. The highest BCUT2D eigenvalue weighted by Gasteiger charge is 2.18. The quantitative estimate of drug-likeness (QED) is 0.168. The van der Waals surface area contributed by atoms with Crippen LogP contribution in [0.4, 0.5) is 0 Å². The van der Waals surface area contributed by atoms with Gasteiger partial charge in [-0.3, -0.25) is 0 Å². The van der Waals surface area contributed by atoms with Gasteiger partial charge in [0.1, 0.15) is 0 Å². The summed E-state index contributed by atoms with van der Waals surface area (Å²) in [6.07, 6.45) is 0. The number of rotatable bonds is 4. The SMILES string of the molecule is Cc1cc(-n2c3ccccc3c3ccccc32)cc(-n2c3ccccc3c3ccccc32)c1.Cc1cc(-n2c3ccccc3c3ccccc32)cc(-n2c3ccccc3c3ccccc32)c1. The largest absolute Gasteiger partial charge is 0.309 e. The van der Waals surface area contributed by atoms with E-state index in [-0.39, 0.29) is 0 Å². The van der Waals surface area contributed by atoms with Gasteiger partial charge in [0.05, 0.1) is 44.1 Å². The van der Waals surface area contributed by atoms with E-state index in [2.05, 4.69) is 263 Å². The molecule has 0 radical (unpaired) electrons. The maximum absolute atomic E-state index is 2.40. The molecule has 4 nitrogen and oxygen atoms in total. The van der Waals surface area contributed by atoms with Crippen molar-refractivity contribution in [1.29, 1.82) is 0 Å². The average Bonchev–Trinajstić information content (AvgIpc) is 4.09. The van der Waals surface area contributed by atoms with Crippen LogP contribution in [-0.2, 0) is 0 Å². The Bertz CT molecular complexity index is 3460. The third kappa shape index (κ3) is 5.85. The van der Waals surface area contributed by atoms with Gasteiger partial charge < -0.3 is 18.3 Å². The van der Waals surface area contributed by atoms with Gasteiger partial charge in [0.25, 0.3) is 0 Å². The summed E-state index contributed by atoms with van der Waals surface area (Å²) in [7, 11) is 0. The van der Waals surface area contributed by atoms with E-state index in [0.717, 1.165) is 0 Å². The molecule has 0 N–H and O–H groups in total. The molecule has 0 aliphatic heterocycles. The Hall–Kier alpha value is -8.60. The van der Waals surface area contributed by atoms with Crippen molar-refractivity contribution in [2.75, 3.05) is 0 Å². The molecule has 14 rings (SSSR count). The van der Waals surface area contributed by atoms with Gasteiger partial charge in [-0.25, -0.2) is 0 Å². The van der Waals surface area contributed by atoms with E-state index in [0.29, 0.717) is 0 Å². The minimum Gasteiger partial charge on any atom is -0.309 e. The second kappa shape index (κ2) is 15.0. The molecule has 0 bridgehead atoms. The second-order valence-electron chi connectivity index (χ2n) is 17.5. The maximum atomic E-state index is 2.40. The van der Waals surface area contributed by atoms with Crippen LogP contribution in [0.3, 0.4) is 0 Å². The molecule has 10 aromatic carbocycles. The van der Waals surface area contributed by atoms with Gasteiger partial charge in [-0.1, -0.05) is 146 Å². The molecule has 4 aromatic heterocycles. The molecule has 0 unspecified atom stereocenters. The summed E-state index contributed by atoms with van der Waals surface area (Å²) in [5.74, 6) is 0. The van der Waals surface area contributed by atoms with Crippen LogP contribution in [0.5, 0.6) is 0 Å². The molecular formula is C62H44N4. The summed E-state index contributed by atoms with van der Waals surface area (Å²) in [6.45, 7) is 4.38. The van der Waals surface area contributed by atoms with Crippen molar-refractivity contribution in [3.8, 4) is 22.7 Å². The lowest BCUT2D eigenvalue weighted by atomic mass is 10.1. The van der Waals surface area contributed by atoms with E-state index >= 15 is 0 Å². The third-order valence-corrected chi connectivity index (χ3v) is 13.4. The molecule has 4 heteroatoms. The lowest BCUT2D eigenvalue weighted by molar-refractivity contribution is 1.12. The zero-order valence-electron chi connectivity index (χ0n) is 36.7. The zero-order valence-corrected chi connectivity index (χ0v) is 36.7. The first-order chi connectivity index (χ1) is 32.6. The Morgan fingerprint density at radius 2 is 0.348 bits per heavy atom. The van der Waals surface area contributed by atoms with Gasteiger partial charge in [0.15, 0.2) is 0 Å². The van der Waals surface area contributed by atoms with Gasteiger partial charge in [-0.15, -0.1) is 0 Å². The summed E-state index contributed by atoms with van der Waals surface area (Å²) in [5.41, 5.74) is 17.1. The van der Waals surface area contributed by atoms with Crippen molar-refractivity contribution in [3.63, 3.8) is 0 Å².